The van der Waals surface area contributed by atoms with Gasteiger partial charge in [-0.15, -0.1) is 0 Å². The number of hydrogen-bond acceptors (Lipinski definition) is 5. The van der Waals surface area contributed by atoms with E-state index in [1.165, 1.54) is 7.11 Å². The summed E-state index contributed by atoms with van der Waals surface area (Å²) in [5, 5.41) is 0. The van der Waals surface area contributed by atoms with Crippen LogP contribution in [0.1, 0.15) is 26.7 Å². The third kappa shape index (κ3) is 4.26. The average molecular weight is 244 g/mol. The van der Waals surface area contributed by atoms with Crippen molar-refractivity contribution >= 4 is 5.97 Å². The Kier molecular flexibility index (Phi) is 5.88. The number of esters is 1. The van der Waals surface area contributed by atoms with E-state index in [0.717, 1.165) is 26.1 Å². The monoisotopic (exact) mass is 244 g/mol. The van der Waals surface area contributed by atoms with E-state index in [0.29, 0.717) is 12.5 Å². The second-order valence-corrected chi connectivity index (χ2v) is 4.62. The van der Waals surface area contributed by atoms with Crippen LogP contribution in [0.4, 0.5) is 0 Å². The highest BCUT2D eigenvalue weighted by Gasteiger charge is 2.26. The lowest BCUT2D eigenvalue weighted by Gasteiger charge is -2.38. The van der Waals surface area contributed by atoms with Gasteiger partial charge in [0.25, 0.3) is 0 Å². The fourth-order valence-corrected chi connectivity index (χ4v) is 2.14. The van der Waals surface area contributed by atoms with Crippen molar-refractivity contribution in [1.29, 1.82) is 0 Å². The minimum absolute atomic E-state index is 0.257. The van der Waals surface area contributed by atoms with Gasteiger partial charge in [-0.05, 0) is 19.8 Å². The molecule has 17 heavy (non-hydrogen) atoms. The molecule has 1 aliphatic heterocycles. The van der Waals surface area contributed by atoms with Crippen molar-refractivity contribution in [1.82, 2.24) is 4.90 Å². The van der Waals surface area contributed by atoms with Gasteiger partial charge >= 0.3 is 5.97 Å². The van der Waals surface area contributed by atoms with Gasteiger partial charge < -0.3 is 15.2 Å². The maximum absolute atomic E-state index is 11.2. The summed E-state index contributed by atoms with van der Waals surface area (Å²) in [4.78, 5) is 13.6. The number of methoxy groups -OCH3 is 1. The van der Waals surface area contributed by atoms with Crippen molar-refractivity contribution in [2.45, 2.75) is 44.9 Å². The van der Waals surface area contributed by atoms with Crippen LogP contribution in [0.25, 0.3) is 0 Å². The van der Waals surface area contributed by atoms with E-state index in [2.05, 4.69) is 23.5 Å². The number of carbonyl (C=O) groups is 1. The summed E-state index contributed by atoms with van der Waals surface area (Å²) in [6.07, 6.45) is 1.95. The Morgan fingerprint density at radius 1 is 1.65 bits per heavy atom. The maximum atomic E-state index is 11.2. The summed E-state index contributed by atoms with van der Waals surface area (Å²) in [6, 6.07) is -0.0771. The number of morpholine rings is 1. The Morgan fingerprint density at radius 2 is 2.35 bits per heavy atom. The molecule has 0 aliphatic carbocycles. The number of rotatable bonds is 5. The Balaban J connectivity index is 2.39. The zero-order valence-electron chi connectivity index (χ0n) is 11.0. The third-order valence-corrected chi connectivity index (χ3v) is 3.28. The quantitative estimate of drug-likeness (QED) is 0.708. The van der Waals surface area contributed by atoms with Gasteiger partial charge in [0.15, 0.2) is 0 Å². The zero-order chi connectivity index (χ0) is 12.8. The molecule has 5 heteroatoms. The summed E-state index contributed by atoms with van der Waals surface area (Å²) < 4.78 is 10.2. The highest BCUT2D eigenvalue weighted by Crippen LogP contribution is 2.15. The van der Waals surface area contributed by atoms with Crippen LogP contribution in [0.3, 0.4) is 0 Å². The Bertz CT molecular complexity index is 248. The molecule has 0 aromatic rings. The molecule has 1 rings (SSSR count). The van der Waals surface area contributed by atoms with Crippen molar-refractivity contribution in [2.75, 3.05) is 26.8 Å². The average Bonchev–Trinajstić information content (AvgIpc) is 2.35. The van der Waals surface area contributed by atoms with Gasteiger partial charge in [0.2, 0.25) is 0 Å². The van der Waals surface area contributed by atoms with E-state index in [1.807, 2.05) is 0 Å². The molecule has 1 heterocycles. The minimum atomic E-state index is -0.518. The SMILES string of the molecule is CCC1COC(C)CN1CCC(N)C(=O)OC. The summed E-state index contributed by atoms with van der Waals surface area (Å²) >= 11 is 0. The number of carbonyl (C=O) groups excluding carboxylic acids is 1. The molecule has 1 saturated heterocycles. The van der Waals surface area contributed by atoms with Gasteiger partial charge in [-0.3, -0.25) is 9.69 Å². The number of nitrogens with two attached hydrogens (primary N) is 1. The summed E-state index contributed by atoms with van der Waals surface area (Å²) in [6.45, 7) is 6.72. The van der Waals surface area contributed by atoms with E-state index in [4.69, 9.17) is 10.5 Å². The lowest BCUT2D eigenvalue weighted by atomic mass is 10.1. The molecule has 0 aromatic carbocycles. The van der Waals surface area contributed by atoms with E-state index in [-0.39, 0.29) is 12.1 Å². The Morgan fingerprint density at radius 3 is 2.94 bits per heavy atom. The van der Waals surface area contributed by atoms with Gasteiger partial charge in [0.05, 0.1) is 19.8 Å². The van der Waals surface area contributed by atoms with Gasteiger partial charge in [-0.25, -0.2) is 0 Å². The molecule has 0 aromatic heterocycles. The molecule has 3 unspecified atom stereocenters. The molecule has 3 atom stereocenters. The van der Waals surface area contributed by atoms with Crippen molar-refractivity contribution in [2.24, 2.45) is 5.73 Å². The predicted molar refractivity (Wildman–Crippen MR) is 65.7 cm³/mol. The van der Waals surface area contributed by atoms with Crippen molar-refractivity contribution < 1.29 is 14.3 Å². The molecule has 1 fully saturated rings. The highest BCUT2D eigenvalue weighted by atomic mass is 16.5. The van der Waals surface area contributed by atoms with E-state index < -0.39 is 6.04 Å². The zero-order valence-corrected chi connectivity index (χ0v) is 11.0. The fourth-order valence-electron chi connectivity index (χ4n) is 2.14. The Labute approximate surface area is 103 Å². The van der Waals surface area contributed by atoms with Crippen LogP contribution in [-0.4, -0.2) is 55.9 Å². The molecule has 2 N–H and O–H groups in total. The minimum Gasteiger partial charge on any atom is -0.468 e. The molecule has 0 radical (unpaired) electrons. The topological polar surface area (TPSA) is 64.8 Å². The number of nitrogens with zero attached hydrogens (tertiary/aromatic N) is 1. The first kappa shape index (κ1) is 14.4. The first-order valence-electron chi connectivity index (χ1n) is 6.27. The molecule has 100 valence electrons. The highest BCUT2D eigenvalue weighted by molar-refractivity contribution is 5.75. The van der Waals surface area contributed by atoms with Crippen LogP contribution in [0.5, 0.6) is 0 Å². The van der Waals surface area contributed by atoms with Gasteiger partial charge in [-0.2, -0.15) is 0 Å². The second-order valence-electron chi connectivity index (χ2n) is 4.62. The van der Waals surface area contributed by atoms with E-state index in [1.54, 1.807) is 0 Å². The molecule has 5 nitrogen and oxygen atoms in total. The normalized spacial score (nSPS) is 27.8. The van der Waals surface area contributed by atoms with Crippen LogP contribution in [0.15, 0.2) is 0 Å². The largest absolute Gasteiger partial charge is 0.468 e. The molecule has 0 amide bonds. The van der Waals surface area contributed by atoms with Crippen LogP contribution >= 0.6 is 0 Å². The van der Waals surface area contributed by atoms with Crippen molar-refractivity contribution in [3.63, 3.8) is 0 Å². The van der Waals surface area contributed by atoms with Crippen LogP contribution in [0, 0.1) is 0 Å². The van der Waals surface area contributed by atoms with Gasteiger partial charge in [-0.1, -0.05) is 6.92 Å². The third-order valence-electron chi connectivity index (χ3n) is 3.28. The summed E-state index contributed by atoms with van der Waals surface area (Å²) in [7, 11) is 1.37. The lowest BCUT2D eigenvalue weighted by molar-refractivity contribution is -0.142. The number of hydrogen-bond donors (Lipinski definition) is 1. The Hall–Kier alpha value is -0.650. The maximum Gasteiger partial charge on any atom is 0.322 e. The second kappa shape index (κ2) is 6.93. The smallest absolute Gasteiger partial charge is 0.322 e. The molecular formula is C12H24N2O3. The van der Waals surface area contributed by atoms with Crippen LogP contribution in [0.2, 0.25) is 0 Å². The van der Waals surface area contributed by atoms with Gasteiger partial charge in [0, 0.05) is 19.1 Å². The molecule has 0 bridgehead atoms. The van der Waals surface area contributed by atoms with Crippen molar-refractivity contribution in [3.8, 4) is 0 Å². The molecule has 1 aliphatic rings. The molecule has 0 saturated carbocycles. The predicted octanol–water partition coefficient (Wildman–Crippen LogP) is 0.376. The summed E-state index contributed by atoms with van der Waals surface area (Å²) in [5.74, 6) is -0.334. The lowest BCUT2D eigenvalue weighted by Crippen LogP contribution is -2.50. The molecule has 0 spiro atoms. The molecular weight excluding hydrogens is 220 g/mol. The number of ether oxygens (including phenoxy) is 2. The van der Waals surface area contributed by atoms with E-state index >= 15 is 0 Å². The van der Waals surface area contributed by atoms with E-state index in [9.17, 15) is 4.79 Å². The first-order valence-corrected chi connectivity index (χ1v) is 6.27. The standard InChI is InChI=1S/C12H24N2O3/c1-4-10-8-17-9(2)7-14(10)6-5-11(13)12(15)16-3/h9-11H,4-8,13H2,1-3H3. The van der Waals surface area contributed by atoms with Gasteiger partial charge in [0.1, 0.15) is 6.04 Å². The first-order chi connectivity index (χ1) is 8.08. The van der Waals surface area contributed by atoms with Crippen LogP contribution < -0.4 is 5.73 Å². The fraction of sp³-hybridized carbons (Fsp3) is 0.917. The van der Waals surface area contributed by atoms with Crippen molar-refractivity contribution in [3.05, 3.63) is 0 Å². The summed E-state index contributed by atoms with van der Waals surface area (Å²) in [5.41, 5.74) is 5.73. The van der Waals surface area contributed by atoms with Crippen LogP contribution in [-0.2, 0) is 14.3 Å².